The number of halogens is 1. The fourth-order valence-electron chi connectivity index (χ4n) is 2.90. The summed E-state index contributed by atoms with van der Waals surface area (Å²) in [6, 6.07) is 12.7. The second kappa shape index (κ2) is 10.9. The second-order valence-electron chi connectivity index (χ2n) is 6.74. The van der Waals surface area contributed by atoms with Crippen LogP contribution in [-0.4, -0.2) is 20.5 Å². The number of aromatic nitrogens is 1. The number of rotatable bonds is 8. The molecule has 2 aromatic carbocycles. The Morgan fingerprint density at radius 2 is 1.58 bits per heavy atom. The van der Waals surface area contributed by atoms with E-state index in [1.165, 1.54) is 30.3 Å². The highest BCUT2D eigenvalue weighted by molar-refractivity contribution is 8.93. The first-order valence-corrected chi connectivity index (χ1v) is 9.20. The molecule has 13 heteroatoms. The van der Waals surface area contributed by atoms with E-state index < -0.39 is 26.1 Å². The van der Waals surface area contributed by atoms with Crippen molar-refractivity contribution in [1.82, 2.24) is 0 Å². The molecule has 3 rings (SSSR count). The molecule has 0 aliphatic rings. The van der Waals surface area contributed by atoms with Crippen LogP contribution in [-0.2, 0) is 6.54 Å². The maximum absolute atomic E-state index is 11.4. The summed E-state index contributed by atoms with van der Waals surface area (Å²) in [5.41, 5.74) is 3.55. The molecule has 3 aromatic rings. The van der Waals surface area contributed by atoms with Crippen LogP contribution in [0.5, 0.6) is 0 Å². The van der Waals surface area contributed by atoms with Crippen LogP contribution < -0.4 is 9.99 Å². The van der Waals surface area contributed by atoms with Crippen molar-refractivity contribution in [2.24, 2.45) is 5.10 Å². The topological polar surface area (TPSA) is 158 Å². The summed E-state index contributed by atoms with van der Waals surface area (Å²) in [6.45, 7) is 2.17. The van der Waals surface area contributed by atoms with Crippen molar-refractivity contribution < 1.29 is 19.3 Å². The Morgan fingerprint density at radius 3 is 2.15 bits per heavy atom. The number of nitrogens with one attached hydrogen (secondary N) is 1. The third-order valence-electron chi connectivity index (χ3n) is 4.45. The van der Waals surface area contributed by atoms with Crippen LogP contribution in [0.4, 0.5) is 22.7 Å². The number of aryl methyl sites for hydroxylation is 1. The molecule has 0 amide bonds. The third kappa shape index (κ3) is 6.36. The Morgan fingerprint density at radius 1 is 0.939 bits per heavy atom. The predicted molar refractivity (Wildman–Crippen MR) is 125 cm³/mol. The molecule has 12 nitrogen and oxygen atoms in total. The molecule has 0 aliphatic heterocycles. The zero-order valence-corrected chi connectivity index (χ0v) is 18.9. The van der Waals surface area contributed by atoms with Crippen LogP contribution in [0.2, 0.25) is 0 Å². The van der Waals surface area contributed by atoms with Crippen molar-refractivity contribution in [1.29, 1.82) is 0 Å². The minimum atomic E-state index is -0.744. The molecule has 33 heavy (non-hydrogen) atoms. The quantitative estimate of drug-likeness (QED) is 0.203. The number of benzene rings is 2. The highest BCUT2D eigenvalue weighted by Crippen LogP contribution is 2.29. The number of non-ortho nitro benzene ring substituents is 2. The Hall–Kier alpha value is -4.26. The fourth-order valence-corrected chi connectivity index (χ4v) is 2.90. The predicted octanol–water partition coefficient (Wildman–Crippen LogP) is 4.10. The van der Waals surface area contributed by atoms with Crippen LogP contribution in [0.15, 0.2) is 72.1 Å². The van der Waals surface area contributed by atoms with E-state index in [1.807, 2.05) is 36.0 Å². The largest absolute Gasteiger partial charge is 0.301 e. The smallest absolute Gasteiger partial charge is 0.271 e. The Labute approximate surface area is 197 Å². The van der Waals surface area contributed by atoms with E-state index in [0.29, 0.717) is 11.3 Å². The lowest BCUT2D eigenvalue weighted by molar-refractivity contribution is -0.682. The molecular weight excluding hydrogens is 500 g/mol. The van der Waals surface area contributed by atoms with E-state index in [4.69, 9.17) is 0 Å². The van der Waals surface area contributed by atoms with Gasteiger partial charge in [0.25, 0.3) is 11.4 Å². The van der Waals surface area contributed by atoms with Gasteiger partial charge < -0.3 is 0 Å². The summed E-state index contributed by atoms with van der Waals surface area (Å²) < 4.78 is 1.83. The van der Waals surface area contributed by atoms with Crippen LogP contribution in [0.3, 0.4) is 0 Å². The number of hydrogen-bond acceptors (Lipinski definition) is 8. The van der Waals surface area contributed by atoms with Crippen molar-refractivity contribution >= 4 is 45.4 Å². The summed E-state index contributed by atoms with van der Waals surface area (Å²) in [6.07, 6.45) is 3.68. The summed E-state index contributed by atoms with van der Waals surface area (Å²) >= 11 is 0. The van der Waals surface area contributed by atoms with E-state index in [9.17, 15) is 30.3 Å². The van der Waals surface area contributed by atoms with Gasteiger partial charge >= 0.3 is 5.69 Å². The molecule has 0 spiro atoms. The first kappa shape index (κ1) is 25.0. The van der Waals surface area contributed by atoms with Crippen LogP contribution in [0.1, 0.15) is 11.1 Å². The Kier molecular flexibility index (Phi) is 8.23. The molecule has 0 atom stereocenters. The minimum absolute atomic E-state index is 0. The molecule has 0 saturated heterocycles. The van der Waals surface area contributed by atoms with Crippen molar-refractivity contribution in [2.45, 2.75) is 13.5 Å². The molecule has 1 N–H and O–H groups in total. The number of nitro benzene ring substituents is 3. The van der Waals surface area contributed by atoms with Crippen molar-refractivity contribution in [3.05, 3.63) is 108 Å². The molecule has 0 bridgehead atoms. The molecule has 1 heterocycles. The summed E-state index contributed by atoms with van der Waals surface area (Å²) in [5, 5.41) is 37.5. The molecule has 0 aliphatic carbocycles. The van der Waals surface area contributed by atoms with Gasteiger partial charge in [0.15, 0.2) is 18.9 Å². The second-order valence-corrected chi connectivity index (χ2v) is 6.74. The number of nitrogens with zero attached hydrogens (tertiary/aromatic N) is 5. The minimum Gasteiger partial charge on any atom is -0.271 e. The normalized spacial score (nSPS) is 10.8. The number of nitro groups is 3. The van der Waals surface area contributed by atoms with E-state index in [0.717, 1.165) is 17.7 Å². The van der Waals surface area contributed by atoms with E-state index >= 15 is 0 Å². The number of hydrogen-bond donors (Lipinski definition) is 1. The summed E-state index contributed by atoms with van der Waals surface area (Å²) in [4.78, 5) is 31.3. The van der Waals surface area contributed by atoms with E-state index in [1.54, 1.807) is 0 Å². The standard InChI is InChI=1S/C20H17N6O6.BrH/c1-14-3-2-10-23(12-14)13-19(15-4-6-16(7-5-15)24(27)28)22-21-18-9-8-17(25(29)30)11-20(18)26(31)32;/h2-12,21H,13H2,1H3;1H/q+1;/b22-19+;. The maximum Gasteiger partial charge on any atom is 0.301 e. The van der Waals surface area contributed by atoms with Crippen molar-refractivity contribution in [2.75, 3.05) is 5.43 Å². The molecule has 1 aromatic heterocycles. The van der Waals surface area contributed by atoms with E-state index in [2.05, 4.69) is 10.5 Å². The lowest BCUT2D eigenvalue weighted by atomic mass is 10.1. The lowest BCUT2D eigenvalue weighted by Gasteiger charge is -2.07. The Bertz CT molecular complexity index is 1230. The van der Waals surface area contributed by atoms with Gasteiger partial charge in [0.05, 0.1) is 20.8 Å². The number of pyridine rings is 1. The lowest BCUT2D eigenvalue weighted by Crippen LogP contribution is -2.38. The molecule has 0 saturated carbocycles. The number of anilines is 1. The zero-order chi connectivity index (χ0) is 23.3. The Balaban J connectivity index is 0.00000385. The third-order valence-corrected chi connectivity index (χ3v) is 4.45. The van der Waals surface area contributed by atoms with Crippen LogP contribution >= 0.6 is 17.0 Å². The molecular formula is C20H18BrN6O6+. The summed E-state index contributed by atoms with van der Waals surface area (Å²) in [7, 11) is 0. The van der Waals surface area contributed by atoms with Gasteiger partial charge in [-0.05, 0) is 31.2 Å². The molecule has 0 radical (unpaired) electrons. The van der Waals surface area contributed by atoms with Gasteiger partial charge in [-0.1, -0.05) is 0 Å². The molecule has 170 valence electrons. The first-order chi connectivity index (χ1) is 15.2. The fraction of sp³-hybridized carbons (Fsp3) is 0.100. The van der Waals surface area contributed by atoms with Crippen molar-refractivity contribution in [3.8, 4) is 0 Å². The SMILES string of the molecule is Br.Cc1ccc[n+](C/C(=N\Nc2ccc([N+](=O)[O-])cc2[N+](=O)[O-])c2ccc([N+](=O)[O-])cc2)c1. The van der Waals surface area contributed by atoms with Crippen LogP contribution in [0, 0.1) is 37.3 Å². The van der Waals surface area contributed by atoms with Gasteiger partial charge in [0.2, 0.25) is 0 Å². The highest BCUT2D eigenvalue weighted by atomic mass is 79.9. The average Bonchev–Trinajstić information content (AvgIpc) is 2.76. The highest BCUT2D eigenvalue weighted by Gasteiger charge is 2.20. The van der Waals surface area contributed by atoms with E-state index in [-0.39, 0.29) is 34.9 Å². The van der Waals surface area contributed by atoms with Gasteiger partial charge in [-0.2, -0.15) is 9.67 Å². The zero-order valence-electron chi connectivity index (χ0n) is 17.2. The van der Waals surface area contributed by atoms with Crippen molar-refractivity contribution in [3.63, 3.8) is 0 Å². The average molecular weight is 518 g/mol. The number of hydrazone groups is 1. The molecule has 0 fully saturated rings. The van der Waals surface area contributed by atoms with Crippen LogP contribution in [0.25, 0.3) is 0 Å². The first-order valence-electron chi connectivity index (χ1n) is 9.20. The monoisotopic (exact) mass is 517 g/mol. The van der Waals surface area contributed by atoms with Gasteiger partial charge in [-0.15, -0.1) is 17.0 Å². The molecule has 0 unspecified atom stereocenters. The van der Waals surface area contributed by atoms with Gasteiger partial charge in [-0.25, -0.2) is 0 Å². The van der Waals surface area contributed by atoms with Gasteiger partial charge in [-0.3, -0.25) is 35.8 Å². The summed E-state index contributed by atoms with van der Waals surface area (Å²) in [5.74, 6) is 0. The van der Waals surface area contributed by atoms with Gasteiger partial charge in [0.1, 0.15) is 11.4 Å². The maximum atomic E-state index is 11.4. The van der Waals surface area contributed by atoms with Gasteiger partial charge in [0, 0.05) is 35.4 Å².